The van der Waals surface area contributed by atoms with Gasteiger partial charge in [0.25, 0.3) is 5.91 Å². The van der Waals surface area contributed by atoms with E-state index < -0.39 is 93.7 Å². The maximum atomic E-state index is 13.7. The molecule has 11 heteroatoms. The van der Waals surface area contributed by atoms with Crippen LogP contribution in [0.25, 0.3) is 5.76 Å². The number of fused-ring (bicyclic) bond motifs is 3. The lowest BCUT2D eigenvalue weighted by Gasteiger charge is -2.50. The molecule has 1 saturated carbocycles. The molecule has 0 aliphatic heterocycles. The van der Waals surface area contributed by atoms with E-state index >= 15 is 0 Å². The zero-order chi connectivity index (χ0) is 27.6. The number of esters is 1. The van der Waals surface area contributed by atoms with Gasteiger partial charge in [0.05, 0.1) is 24.2 Å². The number of rotatable bonds is 5. The molecule has 1 aromatic carbocycles. The van der Waals surface area contributed by atoms with E-state index in [0.29, 0.717) is 11.1 Å². The number of aliphatic hydroxyl groups excluding tert-OH is 3. The minimum Gasteiger partial charge on any atom is -0.508 e. The molecular formula is C26H29NO10. The van der Waals surface area contributed by atoms with Crippen molar-refractivity contribution in [3.05, 3.63) is 45.7 Å². The van der Waals surface area contributed by atoms with Crippen LogP contribution in [0.1, 0.15) is 49.8 Å². The fourth-order valence-electron chi connectivity index (χ4n) is 5.90. The summed E-state index contributed by atoms with van der Waals surface area (Å²) in [4.78, 5) is 50.0. The van der Waals surface area contributed by atoms with E-state index in [4.69, 9.17) is 10.5 Å². The Balaban J connectivity index is 1.88. The van der Waals surface area contributed by atoms with Gasteiger partial charge < -0.3 is 36.0 Å². The highest BCUT2D eigenvalue weighted by Crippen LogP contribution is 2.55. The van der Waals surface area contributed by atoms with Crippen LogP contribution in [0.3, 0.4) is 0 Å². The molecule has 7 N–H and O–H groups in total. The second kappa shape index (κ2) is 9.00. The average molecular weight is 516 g/mol. The summed E-state index contributed by atoms with van der Waals surface area (Å²) in [5.74, 6) is -10.2. The van der Waals surface area contributed by atoms with E-state index in [2.05, 4.69) is 0 Å². The molecule has 198 valence electrons. The summed E-state index contributed by atoms with van der Waals surface area (Å²) in [6.45, 7) is 5.11. The molecule has 11 nitrogen and oxygen atoms in total. The number of amides is 1. The predicted molar refractivity (Wildman–Crippen MR) is 127 cm³/mol. The molecule has 1 amide bonds. The van der Waals surface area contributed by atoms with Gasteiger partial charge in [-0.3, -0.25) is 19.2 Å². The van der Waals surface area contributed by atoms with E-state index in [1.807, 2.05) is 0 Å². The molecule has 0 heterocycles. The lowest BCUT2D eigenvalue weighted by molar-refractivity contribution is -0.160. The molecule has 1 aromatic rings. The quantitative estimate of drug-likeness (QED) is 0.239. The highest BCUT2D eigenvalue weighted by Gasteiger charge is 2.64. The third-order valence-electron chi connectivity index (χ3n) is 7.80. The van der Waals surface area contributed by atoms with Gasteiger partial charge in [-0.2, -0.15) is 0 Å². The number of ether oxygens (including phenoxy) is 1. The highest BCUT2D eigenvalue weighted by atomic mass is 16.5. The van der Waals surface area contributed by atoms with Gasteiger partial charge >= 0.3 is 5.97 Å². The Hall–Kier alpha value is -3.70. The van der Waals surface area contributed by atoms with Crippen LogP contribution in [0, 0.1) is 17.8 Å². The zero-order valence-corrected chi connectivity index (χ0v) is 20.5. The number of phenols is 1. The molecule has 6 unspecified atom stereocenters. The molecule has 0 radical (unpaired) electrons. The number of aliphatic hydroxyl groups is 4. The standard InChI is InChI=1S/C26H29NO10/c1-4-37-25(35)9(2)7-11-5-6-12-10(3)15-18(21(31)16(12)19(11)29)23(33)26(36)13(20(15)30)8-14(28)17(22(26)32)24(27)34/h5-6,9-10,13,15,20,29-32,36H,4,7-8H2,1-3H3,(H2,27,34). The van der Waals surface area contributed by atoms with Crippen molar-refractivity contribution < 1.29 is 49.4 Å². The molecule has 0 saturated heterocycles. The number of carbonyl (C=O) groups is 4. The van der Waals surface area contributed by atoms with Crippen LogP contribution in [-0.4, -0.2) is 67.3 Å². The molecule has 1 fully saturated rings. The second-order valence-electron chi connectivity index (χ2n) is 9.88. The number of phenolic OH excluding ortho intramolecular Hbond substituents is 1. The first-order valence-corrected chi connectivity index (χ1v) is 12.0. The van der Waals surface area contributed by atoms with Gasteiger partial charge in [-0.15, -0.1) is 0 Å². The Morgan fingerprint density at radius 1 is 1.22 bits per heavy atom. The fraction of sp³-hybridized carbons (Fsp3) is 0.462. The number of benzene rings is 1. The minimum atomic E-state index is -2.89. The van der Waals surface area contributed by atoms with Crippen molar-refractivity contribution in [3.63, 3.8) is 0 Å². The molecule has 0 aromatic heterocycles. The number of ketones is 2. The average Bonchev–Trinajstić information content (AvgIpc) is 2.82. The number of hydrogen-bond donors (Lipinski definition) is 6. The van der Waals surface area contributed by atoms with Crippen LogP contribution < -0.4 is 5.73 Å². The third-order valence-corrected chi connectivity index (χ3v) is 7.80. The van der Waals surface area contributed by atoms with Crippen LogP contribution in [0.5, 0.6) is 5.75 Å². The van der Waals surface area contributed by atoms with Crippen molar-refractivity contribution in [1.82, 2.24) is 0 Å². The van der Waals surface area contributed by atoms with E-state index in [-0.39, 0.29) is 18.6 Å². The number of carbonyl (C=O) groups excluding carboxylic acids is 4. The van der Waals surface area contributed by atoms with Crippen LogP contribution in [0.2, 0.25) is 0 Å². The number of hydrogen-bond acceptors (Lipinski definition) is 10. The summed E-state index contributed by atoms with van der Waals surface area (Å²) in [7, 11) is 0. The van der Waals surface area contributed by atoms with Crippen LogP contribution in [0.15, 0.2) is 29.0 Å². The Kier molecular flexibility index (Phi) is 6.41. The molecule has 37 heavy (non-hydrogen) atoms. The van der Waals surface area contributed by atoms with E-state index in [0.717, 1.165) is 0 Å². The zero-order valence-electron chi connectivity index (χ0n) is 20.5. The van der Waals surface area contributed by atoms with Gasteiger partial charge in [-0.05, 0) is 30.4 Å². The lowest BCUT2D eigenvalue weighted by Crippen LogP contribution is -2.63. The van der Waals surface area contributed by atoms with Crippen molar-refractivity contribution in [2.75, 3.05) is 6.61 Å². The number of primary amides is 1. The van der Waals surface area contributed by atoms with Gasteiger partial charge in [0.15, 0.2) is 11.4 Å². The molecule has 4 rings (SSSR count). The van der Waals surface area contributed by atoms with Crippen LogP contribution >= 0.6 is 0 Å². The Morgan fingerprint density at radius 3 is 2.46 bits per heavy atom. The van der Waals surface area contributed by atoms with Crippen molar-refractivity contribution in [2.45, 2.75) is 51.2 Å². The number of Topliss-reactive ketones (excluding diaryl/α,β-unsaturated/α-hetero) is 2. The molecule has 6 atom stereocenters. The number of aromatic hydroxyl groups is 1. The Morgan fingerprint density at radius 2 is 1.86 bits per heavy atom. The Bertz CT molecular complexity index is 1290. The lowest BCUT2D eigenvalue weighted by atomic mass is 9.55. The van der Waals surface area contributed by atoms with Gasteiger partial charge in [0, 0.05) is 23.8 Å². The third kappa shape index (κ3) is 3.64. The van der Waals surface area contributed by atoms with Gasteiger partial charge in [0.1, 0.15) is 22.8 Å². The van der Waals surface area contributed by atoms with E-state index in [1.165, 1.54) is 0 Å². The monoisotopic (exact) mass is 515 g/mol. The maximum Gasteiger partial charge on any atom is 0.308 e. The molecule has 3 aliphatic rings. The van der Waals surface area contributed by atoms with Crippen molar-refractivity contribution in [3.8, 4) is 5.75 Å². The smallest absolute Gasteiger partial charge is 0.308 e. The molecule has 0 bridgehead atoms. The molecule has 0 spiro atoms. The topological polar surface area (TPSA) is 205 Å². The summed E-state index contributed by atoms with van der Waals surface area (Å²) in [5, 5.41) is 55.6. The summed E-state index contributed by atoms with van der Waals surface area (Å²) in [5.41, 5.74) is 1.47. The number of nitrogens with two attached hydrogens (primary N) is 1. The minimum absolute atomic E-state index is 0.0640. The fourth-order valence-corrected chi connectivity index (χ4v) is 5.90. The first-order valence-electron chi connectivity index (χ1n) is 12.0. The highest BCUT2D eigenvalue weighted by molar-refractivity contribution is 6.23. The van der Waals surface area contributed by atoms with Crippen molar-refractivity contribution in [2.24, 2.45) is 23.5 Å². The SMILES string of the molecule is CCOC(=O)C(C)Cc1ccc2c(c1O)C(O)=C1C(=O)C3(O)C(O)=C(C(N)=O)C(=O)CC3C(O)C1C2C. The second-order valence-corrected chi connectivity index (χ2v) is 9.88. The maximum absolute atomic E-state index is 13.7. The van der Waals surface area contributed by atoms with Gasteiger partial charge in [-0.1, -0.05) is 26.0 Å². The van der Waals surface area contributed by atoms with Crippen LogP contribution in [0.4, 0.5) is 0 Å². The van der Waals surface area contributed by atoms with Crippen LogP contribution in [-0.2, 0) is 30.3 Å². The van der Waals surface area contributed by atoms with E-state index in [9.17, 15) is 44.7 Å². The molecular weight excluding hydrogens is 486 g/mol. The summed E-state index contributed by atoms with van der Waals surface area (Å²) < 4.78 is 5.00. The first kappa shape index (κ1) is 26.4. The van der Waals surface area contributed by atoms with Gasteiger partial charge in [-0.25, -0.2) is 0 Å². The van der Waals surface area contributed by atoms with Crippen molar-refractivity contribution in [1.29, 1.82) is 0 Å². The predicted octanol–water partition coefficient (Wildman–Crippen LogP) is 0.697. The summed E-state index contributed by atoms with van der Waals surface area (Å²) >= 11 is 0. The Labute approximate surface area is 211 Å². The largest absolute Gasteiger partial charge is 0.508 e. The van der Waals surface area contributed by atoms with E-state index in [1.54, 1.807) is 32.9 Å². The normalized spacial score (nSPS) is 29.9. The van der Waals surface area contributed by atoms with Gasteiger partial charge in [0.2, 0.25) is 5.78 Å². The summed E-state index contributed by atoms with van der Waals surface area (Å²) in [6.07, 6.45) is -2.16. The molecule has 3 aliphatic carbocycles. The van der Waals surface area contributed by atoms with Crippen molar-refractivity contribution >= 4 is 29.2 Å². The summed E-state index contributed by atoms with van der Waals surface area (Å²) in [6, 6.07) is 3.18. The first-order chi connectivity index (χ1) is 17.3.